The maximum atomic E-state index is 13.1. The van der Waals surface area contributed by atoms with Crippen molar-refractivity contribution in [3.05, 3.63) is 53.9 Å². The van der Waals surface area contributed by atoms with E-state index in [2.05, 4.69) is 10.4 Å². The van der Waals surface area contributed by atoms with Crippen LogP contribution in [0.3, 0.4) is 0 Å². The first-order valence-corrected chi connectivity index (χ1v) is 12.3. The Balaban J connectivity index is 1.86. The van der Waals surface area contributed by atoms with Crippen LogP contribution < -0.4 is 5.32 Å². The van der Waals surface area contributed by atoms with Crippen molar-refractivity contribution in [2.75, 3.05) is 32.4 Å². The van der Waals surface area contributed by atoms with Crippen molar-refractivity contribution >= 4 is 21.8 Å². The molecule has 1 fully saturated rings. The first-order valence-electron chi connectivity index (χ1n) is 10.4. The number of sulfonamides is 1. The van der Waals surface area contributed by atoms with Gasteiger partial charge >= 0.3 is 0 Å². The lowest BCUT2D eigenvalue weighted by Gasteiger charge is -2.30. The van der Waals surface area contributed by atoms with Gasteiger partial charge in [0.1, 0.15) is 5.69 Å². The Labute approximate surface area is 183 Å². The fourth-order valence-electron chi connectivity index (χ4n) is 3.85. The predicted molar refractivity (Wildman–Crippen MR) is 117 cm³/mol. The van der Waals surface area contributed by atoms with Crippen LogP contribution in [0, 0.1) is 0 Å². The summed E-state index contributed by atoms with van der Waals surface area (Å²) < 4.78 is 28.2. The van der Waals surface area contributed by atoms with E-state index in [1.807, 2.05) is 37.3 Å². The van der Waals surface area contributed by atoms with Crippen molar-refractivity contribution in [1.29, 1.82) is 0 Å². The van der Waals surface area contributed by atoms with Gasteiger partial charge in [0.15, 0.2) is 0 Å². The van der Waals surface area contributed by atoms with Crippen molar-refractivity contribution in [3.8, 4) is 0 Å². The highest BCUT2D eigenvalue weighted by Crippen LogP contribution is 2.27. The minimum absolute atomic E-state index is 0.0215. The lowest BCUT2D eigenvalue weighted by atomic mass is 10.0. The van der Waals surface area contributed by atoms with E-state index in [9.17, 15) is 18.0 Å². The van der Waals surface area contributed by atoms with E-state index in [1.54, 1.807) is 21.8 Å². The second-order valence-corrected chi connectivity index (χ2v) is 9.47. The van der Waals surface area contributed by atoms with E-state index in [0.29, 0.717) is 38.3 Å². The number of carbonyl (C=O) groups excluding carboxylic acids is 2. The van der Waals surface area contributed by atoms with Gasteiger partial charge in [0.25, 0.3) is 5.91 Å². The summed E-state index contributed by atoms with van der Waals surface area (Å²) in [6, 6.07) is 10.2. The van der Waals surface area contributed by atoms with E-state index >= 15 is 0 Å². The molecular weight excluding hydrogens is 418 g/mol. The molecule has 0 bridgehead atoms. The molecule has 3 rings (SSSR count). The molecule has 1 aliphatic heterocycles. The van der Waals surface area contributed by atoms with Crippen molar-refractivity contribution < 1.29 is 18.0 Å². The fourth-order valence-corrected chi connectivity index (χ4v) is 4.97. The van der Waals surface area contributed by atoms with Gasteiger partial charge in [-0.3, -0.25) is 14.3 Å². The molecule has 1 atom stereocenters. The number of rotatable bonds is 4. The number of nitrogens with zero attached hydrogens (tertiary/aromatic N) is 4. The third-order valence-corrected chi connectivity index (χ3v) is 6.66. The highest BCUT2D eigenvalue weighted by atomic mass is 32.2. The largest absolute Gasteiger partial charge is 0.354 e. The Hall–Kier alpha value is -2.72. The summed E-state index contributed by atoms with van der Waals surface area (Å²) in [5.74, 6) is -0.436. The molecule has 0 aliphatic carbocycles. The smallest absolute Gasteiger partial charge is 0.272 e. The number of hydrogen-bond donors (Lipinski definition) is 1. The Morgan fingerprint density at radius 1 is 1.16 bits per heavy atom. The summed E-state index contributed by atoms with van der Waals surface area (Å²) in [5.41, 5.74) is 1.24. The molecule has 168 valence electrons. The number of aromatic nitrogens is 2. The monoisotopic (exact) mass is 447 g/mol. The topological polar surface area (TPSA) is 105 Å². The normalized spacial score (nSPS) is 19.5. The van der Waals surface area contributed by atoms with Crippen LogP contribution in [0.25, 0.3) is 0 Å². The SMILES string of the molecule is CCn1nccc1C(=O)N1CCCN(S(C)(=O)=O)C(c2ccccc2)CC(=O)NCC1. The molecule has 2 heterocycles. The molecule has 2 amide bonds. The van der Waals surface area contributed by atoms with Crippen molar-refractivity contribution in [1.82, 2.24) is 24.3 Å². The van der Waals surface area contributed by atoms with Crippen molar-refractivity contribution in [2.45, 2.75) is 32.4 Å². The van der Waals surface area contributed by atoms with E-state index in [4.69, 9.17) is 0 Å². The van der Waals surface area contributed by atoms with Crippen LogP contribution >= 0.6 is 0 Å². The van der Waals surface area contributed by atoms with Gasteiger partial charge in [-0.05, 0) is 25.0 Å². The average molecular weight is 448 g/mol. The summed E-state index contributed by atoms with van der Waals surface area (Å²) in [6.45, 7) is 3.70. The van der Waals surface area contributed by atoms with Crippen LogP contribution in [0.2, 0.25) is 0 Å². The lowest BCUT2D eigenvalue weighted by molar-refractivity contribution is -0.122. The number of benzene rings is 1. The minimum atomic E-state index is -3.58. The molecule has 2 aromatic rings. The van der Waals surface area contributed by atoms with Crippen LogP contribution in [-0.2, 0) is 21.4 Å². The standard InChI is InChI=1S/C21H29N5O4S/c1-3-25-18(10-11-23-25)21(28)24-13-7-14-26(31(2,29)30)19(16-20(27)22-12-15-24)17-8-5-4-6-9-17/h4-6,8-11,19H,3,7,12-16H2,1-2H3,(H,22,27). The number of hydrogen-bond acceptors (Lipinski definition) is 5. The number of nitrogens with one attached hydrogen (secondary N) is 1. The van der Waals surface area contributed by atoms with Gasteiger partial charge in [-0.1, -0.05) is 30.3 Å². The zero-order chi connectivity index (χ0) is 22.4. The van der Waals surface area contributed by atoms with E-state index in [-0.39, 0.29) is 24.8 Å². The number of carbonyl (C=O) groups is 2. The Morgan fingerprint density at radius 3 is 2.58 bits per heavy atom. The zero-order valence-electron chi connectivity index (χ0n) is 17.9. The second kappa shape index (κ2) is 10.1. The highest BCUT2D eigenvalue weighted by Gasteiger charge is 2.31. The van der Waals surface area contributed by atoms with Crippen LogP contribution in [0.5, 0.6) is 0 Å². The summed E-state index contributed by atoms with van der Waals surface area (Å²) in [7, 11) is -3.58. The van der Waals surface area contributed by atoms with Crippen LogP contribution in [0.1, 0.15) is 41.9 Å². The van der Waals surface area contributed by atoms with Gasteiger partial charge in [0.05, 0.1) is 12.3 Å². The lowest BCUT2D eigenvalue weighted by Crippen LogP contribution is -2.40. The fraction of sp³-hybridized carbons (Fsp3) is 0.476. The minimum Gasteiger partial charge on any atom is -0.354 e. The zero-order valence-corrected chi connectivity index (χ0v) is 18.7. The molecule has 9 nitrogen and oxygen atoms in total. The molecule has 10 heteroatoms. The molecule has 0 spiro atoms. The van der Waals surface area contributed by atoms with Crippen LogP contribution in [-0.4, -0.2) is 71.7 Å². The first kappa shape index (κ1) is 23.0. The van der Waals surface area contributed by atoms with Gasteiger partial charge in [0, 0.05) is 45.3 Å². The summed E-state index contributed by atoms with van der Waals surface area (Å²) >= 11 is 0. The van der Waals surface area contributed by atoms with Crippen LogP contribution in [0.4, 0.5) is 0 Å². The Kier molecular flexibility index (Phi) is 7.45. The molecule has 31 heavy (non-hydrogen) atoms. The van der Waals surface area contributed by atoms with Gasteiger partial charge in [0.2, 0.25) is 15.9 Å². The molecule has 1 saturated heterocycles. The third-order valence-electron chi connectivity index (χ3n) is 5.37. The first-order chi connectivity index (χ1) is 14.8. The molecular formula is C21H29N5O4S. The highest BCUT2D eigenvalue weighted by molar-refractivity contribution is 7.88. The molecule has 0 saturated carbocycles. The maximum Gasteiger partial charge on any atom is 0.272 e. The molecule has 1 aliphatic rings. The van der Waals surface area contributed by atoms with Crippen molar-refractivity contribution in [3.63, 3.8) is 0 Å². The van der Waals surface area contributed by atoms with E-state index in [1.165, 1.54) is 4.31 Å². The summed E-state index contributed by atoms with van der Waals surface area (Å²) in [5, 5.41) is 6.99. The van der Waals surface area contributed by atoms with E-state index in [0.717, 1.165) is 11.8 Å². The molecule has 1 aromatic carbocycles. The third kappa shape index (κ3) is 5.71. The number of aryl methyl sites for hydroxylation is 1. The van der Waals surface area contributed by atoms with Crippen LogP contribution in [0.15, 0.2) is 42.6 Å². The molecule has 0 radical (unpaired) electrons. The molecule has 1 N–H and O–H groups in total. The molecule has 1 unspecified atom stereocenters. The van der Waals surface area contributed by atoms with Crippen molar-refractivity contribution in [2.24, 2.45) is 0 Å². The van der Waals surface area contributed by atoms with E-state index < -0.39 is 16.1 Å². The Morgan fingerprint density at radius 2 is 1.90 bits per heavy atom. The second-order valence-electron chi connectivity index (χ2n) is 7.53. The average Bonchev–Trinajstić information content (AvgIpc) is 3.20. The summed E-state index contributed by atoms with van der Waals surface area (Å²) in [6.07, 6.45) is 3.22. The van der Waals surface area contributed by atoms with Gasteiger partial charge in [-0.15, -0.1) is 0 Å². The van der Waals surface area contributed by atoms with Gasteiger partial charge in [-0.2, -0.15) is 9.40 Å². The maximum absolute atomic E-state index is 13.1. The molecule has 1 aromatic heterocycles. The Bertz CT molecular complexity index is 1010. The van der Waals surface area contributed by atoms with Gasteiger partial charge < -0.3 is 10.2 Å². The number of amides is 2. The predicted octanol–water partition coefficient (Wildman–Crippen LogP) is 1.26. The quantitative estimate of drug-likeness (QED) is 0.760. The van der Waals surface area contributed by atoms with Gasteiger partial charge in [-0.25, -0.2) is 8.42 Å². The summed E-state index contributed by atoms with van der Waals surface area (Å²) in [4.78, 5) is 27.3.